The molecule has 0 aromatic heterocycles. The summed E-state index contributed by atoms with van der Waals surface area (Å²) in [6, 6.07) is 25.1. The molecule has 44 heavy (non-hydrogen) atoms. The number of carboxylic acid groups (broad SMARTS) is 1. The molecule has 4 aromatic carbocycles. The molecule has 1 spiro atoms. The molecule has 3 aliphatic rings. The molecule has 0 radical (unpaired) electrons. The monoisotopic (exact) mass is 704 g/mol. The number of fused-ring (bicyclic) bond motifs is 3. The Balaban J connectivity index is 1.58. The van der Waals surface area contributed by atoms with Crippen molar-refractivity contribution in [2.45, 2.75) is 29.6 Å². The van der Waals surface area contributed by atoms with Crippen molar-refractivity contribution in [3.05, 3.63) is 129 Å². The van der Waals surface area contributed by atoms with Crippen LogP contribution >= 0.6 is 22.6 Å². The van der Waals surface area contributed by atoms with Crippen LogP contribution in [0.1, 0.15) is 40.4 Å². The Morgan fingerprint density at radius 2 is 1.61 bits per heavy atom. The molecule has 10 heteroatoms. The lowest BCUT2D eigenvalue weighted by molar-refractivity contribution is -0.179. The largest absolute Gasteiger partial charge is 0.494 e. The van der Waals surface area contributed by atoms with E-state index in [9.17, 15) is 23.9 Å². The van der Waals surface area contributed by atoms with Gasteiger partial charge in [-0.2, -0.15) is 0 Å². The van der Waals surface area contributed by atoms with Gasteiger partial charge in [-0.25, -0.2) is 4.39 Å². The Bertz CT molecular complexity index is 1800. The van der Waals surface area contributed by atoms with E-state index in [-0.39, 0.29) is 5.75 Å². The van der Waals surface area contributed by atoms with Gasteiger partial charge in [0.25, 0.3) is 0 Å². The topological polar surface area (TPSA) is 105 Å². The highest BCUT2D eigenvalue weighted by molar-refractivity contribution is 14.1. The maximum absolute atomic E-state index is 14.8. The minimum absolute atomic E-state index is 0.0651. The number of carbonyl (C=O) groups is 3. The lowest BCUT2D eigenvalue weighted by atomic mass is 9.65. The van der Waals surface area contributed by atoms with Crippen molar-refractivity contribution in [2.24, 2.45) is 5.92 Å². The van der Waals surface area contributed by atoms with Gasteiger partial charge >= 0.3 is 11.9 Å². The number of halogens is 2. The highest BCUT2D eigenvalue weighted by Gasteiger charge is 2.74. The Kier molecular flexibility index (Phi) is 6.93. The summed E-state index contributed by atoms with van der Waals surface area (Å²) in [5, 5.41) is 13.9. The summed E-state index contributed by atoms with van der Waals surface area (Å²) in [6.07, 6.45) is -0.836. The molecule has 0 saturated carbocycles. The molecule has 2 N–H and O–H groups in total. The summed E-state index contributed by atoms with van der Waals surface area (Å²) in [6.45, 7) is 0. The average molecular weight is 704 g/mol. The van der Waals surface area contributed by atoms with Crippen LogP contribution in [-0.4, -0.2) is 41.0 Å². The highest BCUT2D eigenvalue weighted by Crippen LogP contribution is 2.65. The van der Waals surface area contributed by atoms with Crippen LogP contribution in [0.15, 0.2) is 97.1 Å². The number of carboxylic acids is 1. The molecule has 2 saturated heterocycles. The molecule has 4 aromatic rings. The van der Waals surface area contributed by atoms with E-state index in [1.807, 2.05) is 71.6 Å². The Morgan fingerprint density at radius 1 is 0.932 bits per heavy atom. The zero-order valence-electron chi connectivity index (χ0n) is 23.3. The lowest BCUT2D eigenvalue weighted by Crippen LogP contribution is -2.52. The van der Waals surface area contributed by atoms with Gasteiger partial charge in [-0.15, -0.1) is 0 Å². The number of hydrogen-bond donors (Lipinski definition) is 2. The van der Waals surface area contributed by atoms with E-state index in [1.54, 1.807) is 12.1 Å². The van der Waals surface area contributed by atoms with Gasteiger partial charge in [0.15, 0.2) is 11.6 Å². The minimum atomic E-state index is -1.78. The predicted molar refractivity (Wildman–Crippen MR) is 166 cm³/mol. The number of benzene rings is 4. The summed E-state index contributed by atoms with van der Waals surface area (Å²) < 4.78 is 27.1. The van der Waals surface area contributed by atoms with Crippen LogP contribution in [0, 0.1) is 15.3 Å². The molecule has 8 nitrogen and oxygen atoms in total. The molecule has 1 amide bonds. The van der Waals surface area contributed by atoms with Crippen molar-refractivity contribution >= 4 is 46.1 Å². The fraction of sp³-hybridized carbons (Fsp3) is 0.206. The molecule has 3 aliphatic heterocycles. The number of esters is 1. The average Bonchev–Trinajstić information content (AvgIpc) is 3.50. The number of aliphatic carboxylic acids is 1. The van der Waals surface area contributed by atoms with Gasteiger partial charge in [0, 0.05) is 9.26 Å². The second kappa shape index (κ2) is 10.7. The van der Waals surface area contributed by atoms with Gasteiger partial charge in [-0.3, -0.25) is 19.3 Å². The Morgan fingerprint density at radius 3 is 2.27 bits per heavy atom. The van der Waals surface area contributed by atoms with Crippen LogP contribution in [0.4, 0.5) is 10.1 Å². The molecule has 2 fully saturated rings. The third-order valence-corrected chi connectivity index (χ3v) is 9.70. The van der Waals surface area contributed by atoms with Crippen molar-refractivity contribution in [3.63, 3.8) is 0 Å². The van der Waals surface area contributed by atoms with Crippen LogP contribution in [0.25, 0.3) is 0 Å². The first-order valence-corrected chi connectivity index (χ1v) is 15.1. The van der Waals surface area contributed by atoms with Gasteiger partial charge in [0.1, 0.15) is 23.5 Å². The maximum Gasteiger partial charge on any atom is 0.325 e. The van der Waals surface area contributed by atoms with Crippen LogP contribution in [0.5, 0.6) is 5.75 Å². The van der Waals surface area contributed by atoms with E-state index in [0.29, 0.717) is 22.4 Å². The quantitative estimate of drug-likeness (QED) is 0.200. The number of nitrogens with one attached hydrogen (secondary N) is 1. The summed E-state index contributed by atoms with van der Waals surface area (Å²) in [4.78, 5) is 43.9. The van der Waals surface area contributed by atoms with Crippen LogP contribution in [-0.2, 0) is 24.5 Å². The van der Waals surface area contributed by atoms with Crippen LogP contribution in [0.3, 0.4) is 0 Å². The highest BCUT2D eigenvalue weighted by atomic mass is 127. The van der Waals surface area contributed by atoms with E-state index in [0.717, 1.165) is 9.13 Å². The number of hydrogen-bond acceptors (Lipinski definition) is 6. The van der Waals surface area contributed by atoms with E-state index < -0.39 is 59.2 Å². The van der Waals surface area contributed by atoms with E-state index in [2.05, 4.69) is 27.9 Å². The van der Waals surface area contributed by atoms with Crippen molar-refractivity contribution in [1.29, 1.82) is 0 Å². The third-order valence-electron chi connectivity index (χ3n) is 9.03. The van der Waals surface area contributed by atoms with Gasteiger partial charge in [0.05, 0.1) is 19.2 Å². The van der Waals surface area contributed by atoms with Gasteiger partial charge in [0.2, 0.25) is 5.91 Å². The molecule has 7 rings (SSSR count). The van der Waals surface area contributed by atoms with E-state index >= 15 is 0 Å². The molecular weight excluding hydrogens is 678 g/mol. The normalized spacial score (nSPS) is 27.4. The molecule has 6 atom stereocenters. The zero-order chi connectivity index (χ0) is 30.7. The molecule has 0 unspecified atom stereocenters. The van der Waals surface area contributed by atoms with Gasteiger partial charge in [-0.1, -0.05) is 66.7 Å². The summed E-state index contributed by atoms with van der Waals surface area (Å²) >= 11 is 2.12. The van der Waals surface area contributed by atoms with E-state index in [1.165, 1.54) is 25.3 Å². The number of amides is 1. The van der Waals surface area contributed by atoms with Gasteiger partial charge < -0.3 is 19.9 Å². The summed E-state index contributed by atoms with van der Waals surface area (Å²) in [5.41, 5.74) is 1.04. The van der Waals surface area contributed by atoms with Crippen LogP contribution in [0.2, 0.25) is 0 Å². The summed E-state index contributed by atoms with van der Waals surface area (Å²) in [5.74, 6) is -4.84. The Hall–Kier alpha value is -4.29. The molecular formula is C34H26FIN2O6. The van der Waals surface area contributed by atoms with E-state index in [4.69, 9.17) is 9.47 Å². The smallest absolute Gasteiger partial charge is 0.325 e. The van der Waals surface area contributed by atoms with Crippen molar-refractivity contribution < 1.29 is 33.4 Å². The number of methoxy groups -OCH3 is 1. The number of cyclic esters (lactones) is 1. The first-order valence-electron chi connectivity index (χ1n) is 14.0. The van der Waals surface area contributed by atoms with Crippen molar-refractivity contribution in [3.8, 4) is 5.75 Å². The fourth-order valence-electron chi connectivity index (χ4n) is 7.39. The first-order chi connectivity index (χ1) is 21.3. The van der Waals surface area contributed by atoms with Crippen molar-refractivity contribution in [1.82, 2.24) is 4.90 Å². The van der Waals surface area contributed by atoms with Crippen molar-refractivity contribution in [2.75, 3.05) is 12.4 Å². The third kappa shape index (κ3) is 4.07. The summed E-state index contributed by atoms with van der Waals surface area (Å²) in [7, 11) is 1.34. The molecule has 0 aliphatic carbocycles. The second-order valence-corrected chi connectivity index (χ2v) is 12.4. The zero-order valence-corrected chi connectivity index (χ0v) is 25.5. The second-order valence-electron chi connectivity index (χ2n) is 11.1. The van der Waals surface area contributed by atoms with Crippen LogP contribution < -0.4 is 10.1 Å². The maximum atomic E-state index is 14.8. The molecule has 222 valence electrons. The number of anilines is 1. The molecule has 3 heterocycles. The number of carbonyl (C=O) groups excluding carboxylic acids is 2. The number of ether oxygens (including phenoxy) is 2. The standard InChI is InChI=1S/C34H26FIN2O6/c1-43-25-16-20(12-14-23(25)35)30-34(22-17-21(36)13-15-24(22)37-33(34)42)26(31(39)40)28-32(41)44-29(19-10-6-3-7-11-19)27(38(28)30)18-8-4-2-5-9-18/h2-17,26-30H,1H3,(H,37,42)(H,39,40)/t26-,27-,28-,29+,30+,34-/m0/s1. The SMILES string of the molecule is COc1cc([C@H]2N3[C@H](C(=O)O[C@H](c4ccccc4)[C@@H]3c3ccccc3)[C@@H](C(=O)O)[C@]23C(=O)Nc2ccc(I)cc23)ccc1F. The fourth-order valence-corrected chi connectivity index (χ4v) is 7.88. The Labute approximate surface area is 265 Å². The first kappa shape index (κ1) is 28.5. The predicted octanol–water partition coefficient (Wildman–Crippen LogP) is 5.79. The molecule has 0 bridgehead atoms. The van der Waals surface area contributed by atoms with Gasteiger partial charge in [-0.05, 0) is 75.2 Å². The number of morpholine rings is 1. The number of rotatable bonds is 5. The lowest BCUT2D eigenvalue weighted by Gasteiger charge is -2.46. The minimum Gasteiger partial charge on any atom is -0.494 e. The number of nitrogens with zero attached hydrogens (tertiary/aromatic N) is 1.